The molecule has 0 saturated carbocycles. The van der Waals surface area contributed by atoms with E-state index in [0.717, 1.165) is 47.9 Å². The summed E-state index contributed by atoms with van der Waals surface area (Å²) in [7, 11) is 0. The lowest BCUT2D eigenvalue weighted by Gasteiger charge is -2.23. The molecule has 26 heavy (non-hydrogen) atoms. The summed E-state index contributed by atoms with van der Waals surface area (Å²) in [5, 5.41) is 4.37. The summed E-state index contributed by atoms with van der Waals surface area (Å²) in [4.78, 5) is 26.2. The first-order chi connectivity index (χ1) is 12.4. The van der Waals surface area contributed by atoms with E-state index in [-0.39, 0.29) is 11.8 Å². The highest BCUT2D eigenvalue weighted by Gasteiger charge is 2.25. The summed E-state index contributed by atoms with van der Waals surface area (Å²) < 4.78 is 0. The molecular weight excluding hydrogens is 346 g/mol. The zero-order chi connectivity index (χ0) is 18.8. The molecule has 0 aliphatic carbocycles. The predicted octanol–water partition coefficient (Wildman–Crippen LogP) is 3.22. The van der Waals surface area contributed by atoms with Gasteiger partial charge in [-0.3, -0.25) is 9.69 Å². The monoisotopic (exact) mass is 375 g/mol. The largest absolute Gasteiger partial charge is 0.368 e. The van der Waals surface area contributed by atoms with Gasteiger partial charge in [-0.2, -0.15) is 0 Å². The van der Waals surface area contributed by atoms with E-state index in [1.165, 1.54) is 23.3 Å². The van der Waals surface area contributed by atoms with Crippen LogP contribution in [0.1, 0.15) is 49.4 Å². The van der Waals surface area contributed by atoms with Crippen molar-refractivity contribution in [3.63, 3.8) is 0 Å². The summed E-state index contributed by atoms with van der Waals surface area (Å²) in [6, 6.07) is -0.433. The number of aromatic nitrogens is 2. The highest BCUT2D eigenvalue weighted by Crippen LogP contribution is 2.34. The lowest BCUT2D eigenvalue weighted by Crippen LogP contribution is -2.40. The van der Waals surface area contributed by atoms with Gasteiger partial charge in [-0.25, -0.2) is 9.97 Å². The number of rotatable bonds is 7. The van der Waals surface area contributed by atoms with Crippen molar-refractivity contribution in [2.45, 2.75) is 59.5 Å². The summed E-state index contributed by atoms with van der Waals surface area (Å²) in [5.74, 6) is 1.36. The third-order valence-electron chi connectivity index (χ3n) is 5.45. The molecule has 1 fully saturated rings. The molecule has 1 aliphatic heterocycles. The van der Waals surface area contributed by atoms with E-state index in [2.05, 4.69) is 31.0 Å². The highest BCUT2D eigenvalue weighted by atomic mass is 32.1. The number of hydrogen-bond donors (Lipinski definition) is 2. The van der Waals surface area contributed by atoms with Crippen LogP contribution in [0, 0.1) is 19.8 Å². The molecule has 2 aromatic rings. The van der Waals surface area contributed by atoms with Crippen LogP contribution in [0.15, 0.2) is 0 Å². The van der Waals surface area contributed by atoms with Crippen molar-refractivity contribution in [2.24, 2.45) is 11.7 Å². The smallest absolute Gasteiger partial charge is 0.240 e. The van der Waals surface area contributed by atoms with Gasteiger partial charge >= 0.3 is 0 Å². The molecule has 1 aliphatic rings. The average Bonchev–Trinajstić information content (AvgIpc) is 3.20. The van der Waals surface area contributed by atoms with Gasteiger partial charge in [0, 0.05) is 4.88 Å². The van der Waals surface area contributed by atoms with Crippen molar-refractivity contribution in [1.82, 2.24) is 14.9 Å². The molecule has 1 saturated heterocycles. The van der Waals surface area contributed by atoms with Gasteiger partial charge in [-0.1, -0.05) is 20.3 Å². The van der Waals surface area contributed by atoms with Crippen LogP contribution >= 0.6 is 11.3 Å². The van der Waals surface area contributed by atoms with Gasteiger partial charge in [-0.05, 0) is 51.3 Å². The summed E-state index contributed by atoms with van der Waals surface area (Å²) in [5.41, 5.74) is 6.84. The van der Waals surface area contributed by atoms with Crippen molar-refractivity contribution in [3.8, 4) is 0 Å². The maximum absolute atomic E-state index is 12.0. The quantitative estimate of drug-likeness (QED) is 0.776. The number of primary amides is 1. The van der Waals surface area contributed by atoms with Gasteiger partial charge < -0.3 is 11.1 Å². The Morgan fingerprint density at radius 1 is 1.31 bits per heavy atom. The molecule has 2 unspecified atom stereocenters. The number of fused-ring (bicyclic) bond motifs is 1. The minimum Gasteiger partial charge on any atom is -0.368 e. The SMILES string of the molecule is CCC(C)C(Nc1nc(CN2CCCC2)nc2sc(C)c(C)c12)C(N)=O. The fourth-order valence-electron chi connectivity index (χ4n) is 3.49. The van der Waals surface area contributed by atoms with Gasteiger partial charge in [0.25, 0.3) is 0 Å². The lowest BCUT2D eigenvalue weighted by atomic mass is 9.98. The van der Waals surface area contributed by atoms with Crippen molar-refractivity contribution in [2.75, 3.05) is 18.4 Å². The molecule has 0 aromatic carbocycles. The number of nitrogens with one attached hydrogen (secondary N) is 1. The third kappa shape index (κ3) is 3.83. The summed E-state index contributed by atoms with van der Waals surface area (Å²) >= 11 is 1.69. The van der Waals surface area contributed by atoms with Gasteiger partial charge in [-0.15, -0.1) is 11.3 Å². The number of aryl methyl sites for hydroxylation is 2. The second-order valence-electron chi connectivity index (χ2n) is 7.35. The Labute approximate surface area is 159 Å². The zero-order valence-electron chi connectivity index (χ0n) is 16.1. The number of anilines is 1. The minimum absolute atomic E-state index is 0.139. The van der Waals surface area contributed by atoms with Crippen molar-refractivity contribution >= 4 is 33.3 Å². The molecule has 2 aromatic heterocycles. The molecule has 0 bridgehead atoms. The second-order valence-corrected chi connectivity index (χ2v) is 8.55. The standard InChI is InChI=1S/C19H29N5OS/c1-5-11(2)16(17(20)25)23-18-15-12(3)13(4)26-19(15)22-14(21-18)10-24-8-6-7-9-24/h11,16H,5-10H2,1-4H3,(H2,20,25)(H,21,22,23). The van der Waals surface area contributed by atoms with E-state index >= 15 is 0 Å². The van der Waals surface area contributed by atoms with E-state index in [9.17, 15) is 4.79 Å². The van der Waals surface area contributed by atoms with E-state index in [4.69, 9.17) is 15.7 Å². The van der Waals surface area contributed by atoms with Crippen LogP contribution in [0.4, 0.5) is 5.82 Å². The first-order valence-electron chi connectivity index (χ1n) is 9.45. The van der Waals surface area contributed by atoms with E-state index in [1.807, 2.05) is 6.92 Å². The van der Waals surface area contributed by atoms with Gasteiger partial charge in [0.2, 0.25) is 5.91 Å². The number of thiophene rings is 1. The maximum atomic E-state index is 12.0. The molecule has 0 radical (unpaired) electrons. The van der Waals surface area contributed by atoms with Crippen LogP contribution in [-0.4, -0.2) is 39.9 Å². The third-order valence-corrected chi connectivity index (χ3v) is 6.55. The molecule has 3 N–H and O–H groups in total. The Bertz CT molecular complexity index is 797. The summed E-state index contributed by atoms with van der Waals surface area (Å²) in [6.07, 6.45) is 3.35. The number of hydrogen-bond acceptors (Lipinski definition) is 6. The fourth-order valence-corrected chi connectivity index (χ4v) is 4.53. The molecule has 3 heterocycles. The van der Waals surface area contributed by atoms with E-state index in [0.29, 0.717) is 0 Å². The Hall–Kier alpha value is -1.73. The zero-order valence-corrected chi connectivity index (χ0v) is 16.9. The van der Waals surface area contributed by atoms with Crippen LogP contribution in [0.25, 0.3) is 10.2 Å². The van der Waals surface area contributed by atoms with Crippen LogP contribution in [-0.2, 0) is 11.3 Å². The molecule has 0 spiro atoms. The van der Waals surface area contributed by atoms with E-state index in [1.54, 1.807) is 11.3 Å². The number of nitrogens with two attached hydrogens (primary N) is 1. The number of nitrogens with zero attached hydrogens (tertiary/aromatic N) is 3. The predicted molar refractivity (Wildman–Crippen MR) is 107 cm³/mol. The Kier molecular flexibility index (Phi) is 5.77. The Balaban J connectivity index is 2.01. The molecule has 6 nitrogen and oxygen atoms in total. The van der Waals surface area contributed by atoms with Gasteiger partial charge in [0.05, 0.1) is 11.9 Å². The van der Waals surface area contributed by atoms with E-state index < -0.39 is 6.04 Å². The molecule has 7 heteroatoms. The van der Waals surface area contributed by atoms with Gasteiger partial charge in [0.1, 0.15) is 22.5 Å². The first kappa shape index (κ1) is 19.0. The van der Waals surface area contributed by atoms with Crippen molar-refractivity contribution in [1.29, 1.82) is 0 Å². The summed E-state index contributed by atoms with van der Waals surface area (Å²) in [6.45, 7) is 11.3. The minimum atomic E-state index is -0.433. The van der Waals surface area contributed by atoms with Crippen LogP contribution < -0.4 is 11.1 Å². The molecule has 142 valence electrons. The first-order valence-corrected chi connectivity index (χ1v) is 10.3. The van der Waals surface area contributed by atoms with Crippen LogP contribution in [0.5, 0.6) is 0 Å². The fraction of sp³-hybridized carbons (Fsp3) is 0.632. The number of carbonyl (C=O) groups is 1. The number of likely N-dealkylation sites (tertiary alicyclic amines) is 1. The van der Waals surface area contributed by atoms with Crippen LogP contribution in [0.3, 0.4) is 0 Å². The second kappa shape index (κ2) is 7.88. The molecule has 3 rings (SSSR count). The normalized spacial score (nSPS) is 17.5. The molecule has 2 atom stereocenters. The van der Waals surface area contributed by atoms with Crippen molar-refractivity contribution < 1.29 is 4.79 Å². The lowest BCUT2D eigenvalue weighted by molar-refractivity contribution is -0.119. The maximum Gasteiger partial charge on any atom is 0.240 e. The highest BCUT2D eigenvalue weighted by molar-refractivity contribution is 7.18. The Morgan fingerprint density at radius 3 is 2.62 bits per heavy atom. The molecule has 1 amide bonds. The average molecular weight is 376 g/mol. The number of amides is 1. The van der Waals surface area contributed by atoms with Gasteiger partial charge in [0.15, 0.2) is 0 Å². The van der Waals surface area contributed by atoms with Crippen molar-refractivity contribution in [3.05, 3.63) is 16.3 Å². The number of carbonyl (C=O) groups excluding carboxylic acids is 1. The molecular formula is C19H29N5OS. The van der Waals surface area contributed by atoms with Crippen LogP contribution in [0.2, 0.25) is 0 Å². The Morgan fingerprint density at radius 2 is 2.00 bits per heavy atom. The topological polar surface area (TPSA) is 84.1 Å².